The van der Waals surface area contributed by atoms with Crippen molar-refractivity contribution in [1.29, 1.82) is 0 Å². The van der Waals surface area contributed by atoms with Crippen LogP contribution in [0.4, 0.5) is 0 Å². The zero-order chi connectivity index (χ0) is 16.5. The summed E-state index contributed by atoms with van der Waals surface area (Å²) in [5.41, 5.74) is 0.649. The number of rotatable bonds is 4. The van der Waals surface area contributed by atoms with Gasteiger partial charge in [0, 0.05) is 18.7 Å². The van der Waals surface area contributed by atoms with Gasteiger partial charge in [-0.1, -0.05) is 0 Å². The summed E-state index contributed by atoms with van der Waals surface area (Å²) in [7, 11) is 0. The van der Waals surface area contributed by atoms with Crippen molar-refractivity contribution in [2.24, 2.45) is 0 Å². The molecular weight excluding hydrogens is 310 g/mol. The first-order chi connectivity index (χ1) is 11.8. The number of likely N-dealkylation sites (tertiary alicyclic amines) is 1. The van der Waals surface area contributed by atoms with Gasteiger partial charge in [0.25, 0.3) is 5.91 Å². The lowest BCUT2D eigenvalue weighted by atomic mass is 9.99. The quantitative estimate of drug-likeness (QED) is 0.845. The zero-order valence-corrected chi connectivity index (χ0v) is 13.9. The van der Waals surface area contributed by atoms with Crippen LogP contribution in [0.15, 0.2) is 18.2 Å². The highest BCUT2D eigenvalue weighted by Crippen LogP contribution is 2.35. The molecule has 24 heavy (non-hydrogen) atoms. The number of carbonyl (C=O) groups excluding carboxylic acids is 1. The second-order valence-corrected chi connectivity index (χ2v) is 6.46. The minimum atomic E-state index is 0.0488. The van der Waals surface area contributed by atoms with Crippen molar-refractivity contribution < 1.29 is 23.7 Å². The molecule has 6 nitrogen and oxygen atoms in total. The molecule has 0 spiro atoms. The van der Waals surface area contributed by atoms with Crippen LogP contribution in [0.2, 0.25) is 0 Å². The monoisotopic (exact) mass is 333 g/mol. The van der Waals surface area contributed by atoms with Gasteiger partial charge in [0.2, 0.25) is 6.79 Å². The number of hydrogen-bond donors (Lipinski definition) is 0. The highest BCUT2D eigenvalue weighted by molar-refractivity contribution is 5.95. The van der Waals surface area contributed by atoms with Gasteiger partial charge in [-0.25, -0.2) is 0 Å². The van der Waals surface area contributed by atoms with Crippen LogP contribution >= 0.6 is 0 Å². The van der Waals surface area contributed by atoms with Gasteiger partial charge < -0.3 is 23.8 Å². The molecule has 0 aromatic heterocycles. The largest absolute Gasteiger partial charge is 0.454 e. The van der Waals surface area contributed by atoms with Crippen molar-refractivity contribution in [3.63, 3.8) is 0 Å². The number of hydrogen-bond acceptors (Lipinski definition) is 5. The molecule has 0 aliphatic carbocycles. The lowest BCUT2D eigenvalue weighted by Crippen LogP contribution is -2.45. The van der Waals surface area contributed by atoms with E-state index < -0.39 is 0 Å². The van der Waals surface area contributed by atoms with Crippen LogP contribution in [0.3, 0.4) is 0 Å². The average Bonchev–Trinajstić information content (AvgIpc) is 3.24. The number of nitrogens with zero attached hydrogens (tertiary/aromatic N) is 1. The van der Waals surface area contributed by atoms with Crippen LogP contribution < -0.4 is 9.47 Å². The number of fused-ring (bicyclic) bond motifs is 2. The van der Waals surface area contributed by atoms with Gasteiger partial charge in [-0.3, -0.25) is 4.79 Å². The Morgan fingerprint density at radius 3 is 3.00 bits per heavy atom. The molecule has 3 atom stereocenters. The predicted octanol–water partition coefficient (Wildman–Crippen LogP) is 2.21. The Bertz CT molecular complexity index is 619. The van der Waals surface area contributed by atoms with Crippen molar-refractivity contribution in [2.45, 2.75) is 44.4 Å². The van der Waals surface area contributed by atoms with Gasteiger partial charge in [-0.05, 0) is 44.4 Å². The number of amides is 1. The third kappa shape index (κ3) is 2.84. The van der Waals surface area contributed by atoms with Crippen molar-refractivity contribution >= 4 is 5.91 Å². The molecule has 0 saturated carbocycles. The molecule has 3 aliphatic rings. The third-order valence-electron chi connectivity index (χ3n) is 5.02. The summed E-state index contributed by atoms with van der Waals surface area (Å²) in [5, 5.41) is 0. The molecule has 130 valence electrons. The highest BCUT2D eigenvalue weighted by atomic mass is 16.7. The van der Waals surface area contributed by atoms with E-state index in [1.54, 1.807) is 12.1 Å². The van der Waals surface area contributed by atoms with Crippen LogP contribution in [0.5, 0.6) is 11.5 Å². The Kier molecular flexibility index (Phi) is 4.33. The van der Waals surface area contributed by atoms with Crippen LogP contribution in [0.1, 0.15) is 36.5 Å². The maximum absolute atomic E-state index is 12.9. The maximum atomic E-state index is 12.9. The fourth-order valence-electron chi connectivity index (χ4n) is 3.82. The number of benzene rings is 1. The van der Waals surface area contributed by atoms with E-state index in [0.29, 0.717) is 30.3 Å². The zero-order valence-electron chi connectivity index (χ0n) is 13.9. The summed E-state index contributed by atoms with van der Waals surface area (Å²) in [6.07, 6.45) is 3.09. The molecule has 2 fully saturated rings. The van der Waals surface area contributed by atoms with E-state index in [1.807, 2.05) is 17.9 Å². The number of carbonyl (C=O) groups is 1. The first-order valence-electron chi connectivity index (χ1n) is 8.70. The lowest BCUT2D eigenvalue weighted by molar-refractivity contribution is -0.0951. The normalized spacial score (nSPS) is 28.0. The molecule has 3 aliphatic heterocycles. The molecule has 1 aromatic carbocycles. The second kappa shape index (κ2) is 6.61. The van der Waals surface area contributed by atoms with Crippen LogP contribution in [0, 0.1) is 0 Å². The molecule has 4 rings (SSSR count). The Morgan fingerprint density at radius 2 is 2.12 bits per heavy atom. The fourth-order valence-corrected chi connectivity index (χ4v) is 3.82. The summed E-state index contributed by atoms with van der Waals surface area (Å²) in [4.78, 5) is 14.9. The van der Waals surface area contributed by atoms with Gasteiger partial charge in [0.05, 0.1) is 24.9 Å². The first kappa shape index (κ1) is 15.7. The lowest BCUT2D eigenvalue weighted by Gasteiger charge is -2.35. The molecule has 0 radical (unpaired) electrons. The van der Waals surface area contributed by atoms with Crippen LogP contribution in [-0.2, 0) is 9.47 Å². The van der Waals surface area contributed by atoms with E-state index in [0.717, 1.165) is 25.8 Å². The van der Waals surface area contributed by atoms with Gasteiger partial charge in [-0.15, -0.1) is 0 Å². The minimum absolute atomic E-state index is 0.0488. The Morgan fingerprint density at radius 1 is 1.25 bits per heavy atom. The summed E-state index contributed by atoms with van der Waals surface area (Å²) in [6, 6.07) is 5.56. The van der Waals surface area contributed by atoms with Gasteiger partial charge in [-0.2, -0.15) is 0 Å². The minimum Gasteiger partial charge on any atom is -0.454 e. The van der Waals surface area contributed by atoms with Crippen LogP contribution in [-0.4, -0.2) is 55.6 Å². The van der Waals surface area contributed by atoms with E-state index in [9.17, 15) is 4.79 Å². The van der Waals surface area contributed by atoms with Gasteiger partial charge in [0.1, 0.15) is 0 Å². The standard InChI is InChI=1S/C18H23NO5/c1-2-21-10-13-4-5-14-15(24-13)7-8-19(14)18(20)12-3-6-16-17(9-12)23-11-22-16/h3,6,9,13-15H,2,4-5,7-8,10-11H2,1H3/t13-,14?,15?/m0/s1. The predicted molar refractivity (Wildman–Crippen MR) is 86.4 cm³/mol. The Balaban J connectivity index is 1.43. The second-order valence-electron chi connectivity index (χ2n) is 6.46. The topological polar surface area (TPSA) is 57.2 Å². The summed E-state index contributed by atoms with van der Waals surface area (Å²) in [5.74, 6) is 1.39. The molecule has 2 saturated heterocycles. The average molecular weight is 333 g/mol. The van der Waals surface area contributed by atoms with Crippen LogP contribution in [0.25, 0.3) is 0 Å². The molecule has 0 N–H and O–H groups in total. The van der Waals surface area contributed by atoms with Crippen molar-refractivity contribution in [3.8, 4) is 11.5 Å². The van der Waals surface area contributed by atoms with Crippen molar-refractivity contribution in [3.05, 3.63) is 23.8 Å². The fraction of sp³-hybridized carbons (Fsp3) is 0.611. The molecule has 1 amide bonds. The molecule has 1 aromatic rings. The molecule has 2 unspecified atom stereocenters. The summed E-state index contributed by atoms with van der Waals surface area (Å²) < 4.78 is 22.3. The first-order valence-corrected chi connectivity index (χ1v) is 8.70. The number of ether oxygens (including phenoxy) is 4. The Hall–Kier alpha value is -1.79. The van der Waals surface area contributed by atoms with Gasteiger partial charge in [0.15, 0.2) is 11.5 Å². The van der Waals surface area contributed by atoms with Crippen molar-refractivity contribution in [2.75, 3.05) is 26.6 Å². The summed E-state index contributed by atoms with van der Waals surface area (Å²) in [6.45, 7) is 4.31. The van der Waals surface area contributed by atoms with E-state index in [2.05, 4.69) is 0 Å². The van der Waals surface area contributed by atoms with Gasteiger partial charge >= 0.3 is 0 Å². The maximum Gasteiger partial charge on any atom is 0.254 e. The van der Waals surface area contributed by atoms with E-state index in [1.165, 1.54) is 0 Å². The Labute approximate surface area is 141 Å². The third-order valence-corrected chi connectivity index (χ3v) is 5.02. The molecule has 0 bridgehead atoms. The van der Waals surface area contributed by atoms with E-state index in [4.69, 9.17) is 18.9 Å². The smallest absolute Gasteiger partial charge is 0.254 e. The molecule has 3 heterocycles. The van der Waals surface area contributed by atoms with E-state index in [-0.39, 0.29) is 30.9 Å². The highest BCUT2D eigenvalue weighted by Gasteiger charge is 2.42. The van der Waals surface area contributed by atoms with E-state index >= 15 is 0 Å². The molecular formula is C18H23NO5. The SMILES string of the molecule is CCOC[C@@H]1CCC2C(CCN2C(=O)c2ccc3c(c2)OCO3)O1. The summed E-state index contributed by atoms with van der Waals surface area (Å²) >= 11 is 0. The molecule has 6 heteroatoms. The van der Waals surface area contributed by atoms with Crippen molar-refractivity contribution in [1.82, 2.24) is 4.90 Å².